The van der Waals surface area contributed by atoms with Crippen molar-refractivity contribution in [2.45, 2.75) is 52.0 Å². The van der Waals surface area contributed by atoms with E-state index < -0.39 is 0 Å². The van der Waals surface area contributed by atoms with E-state index in [4.69, 9.17) is 40.0 Å². The largest absolute Gasteiger partial charge is 0.491 e. The fraction of sp³-hybridized carbons (Fsp3) is 0.435. The van der Waals surface area contributed by atoms with Crippen molar-refractivity contribution in [2.24, 2.45) is 11.8 Å². The van der Waals surface area contributed by atoms with Gasteiger partial charge in [0.05, 0.1) is 79.5 Å². The molecule has 12 nitrogen and oxygen atoms in total. The summed E-state index contributed by atoms with van der Waals surface area (Å²) in [5.41, 5.74) is 7.23. The Morgan fingerprint density at radius 3 is 2.16 bits per heavy atom. The SMILES string of the molecule is Cc1ncsc1-c1ccc(CNC=O)c(OCCOCCOCCOCCOCCOc2cc(NC(=O)[C@H](C)[C@H]3CC[C@@H](c4ccnc5ccc(F)cc54)CC3)ccc2Cl)c1. The van der Waals surface area contributed by atoms with Gasteiger partial charge < -0.3 is 39.1 Å². The molecular weight excluding hydrogens is 823 g/mol. The first-order chi connectivity index (χ1) is 29.8. The zero-order valence-corrected chi connectivity index (χ0v) is 36.2. The number of rotatable bonds is 25. The molecule has 2 aromatic heterocycles. The predicted octanol–water partition coefficient (Wildman–Crippen LogP) is 8.78. The number of nitrogens with one attached hydrogen (secondary N) is 2. The highest BCUT2D eigenvalue weighted by molar-refractivity contribution is 7.13. The van der Waals surface area contributed by atoms with Crippen LogP contribution in [0.3, 0.4) is 0 Å². The topological polar surface area (TPSA) is 139 Å². The van der Waals surface area contributed by atoms with E-state index in [1.54, 1.807) is 47.9 Å². The van der Waals surface area contributed by atoms with Crippen molar-refractivity contribution in [3.63, 3.8) is 0 Å². The Bertz CT molecular complexity index is 2170. The van der Waals surface area contributed by atoms with Gasteiger partial charge in [-0.1, -0.05) is 30.7 Å². The molecule has 0 saturated heterocycles. The van der Waals surface area contributed by atoms with Crippen LogP contribution in [0.2, 0.25) is 5.02 Å². The van der Waals surface area contributed by atoms with Gasteiger partial charge in [-0.15, -0.1) is 11.3 Å². The molecule has 1 aliphatic rings. The van der Waals surface area contributed by atoms with E-state index in [9.17, 15) is 14.0 Å². The van der Waals surface area contributed by atoms with E-state index in [0.29, 0.717) is 101 Å². The van der Waals surface area contributed by atoms with Crippen LogP contribution in [0.1, 0.15) is 55.3 Å². The van der Waals surface area contributed by atoms with Gasteiger partial charge in [-0.2, -0.15) is 0 Å². The second kappa shape index (κ2) is 24.1. The number of nitrogens with zero attached hydrogens (tertiary/aromatic N) is 2. The van der Waals surface area contributed by atoms with Crippen LogP contribution in [0.5, 0.6) is 11.5 Å². The summed E-state index contributed by atoms with van der Waals surface area (Å²) in [4.78, 5) is 34.0. The van der Waals surface area contributed by atoms with Crippen molar-refractivity contribution >= 4 is 51.8 Å². The number of hydrogen-bond donors (Lipinski definition) is 2. The van der Waals surface area contributed by atoms with Crippen LogP contribution in [0.4, 0.5) is 10.1 Å². The number of carbonyl (C=O) groups excluding carboxylic acids is 2. The van der Waals surface area contributed by atoms with Gasteiger partial charge in [0.15, 0.2) is 0 Å². The lowest BCUT2D eigenvalue weighted by Crippen LogP contribution is -2.29. The van der Waals surface area contributed by atoms with Gasteiger partial charge in [-0.3, -0.25) is 14.6 Å². The van der Waals surface area contributed by atoms with E-state index in [1.165, 1.54) is 6.07 Å². The summed E-state index contributed by atoms with van der Waals surface area (Å²) in [6.45, 7) is 8.19. The van der Waals surface area contributed by atoms with Gasteiger partial charge in [-0.05, 0) is 98.0 Å². The van der Waals surface area contributed by atoms with Gasteiger partial charge in [0.25, 0.3) is 0 Å². The smallest absolute Gasteiger partial charge is 0.227 e. The molecule has 2 N–H and O–H groups in total. The van der Waals surface area contributed by atoms with E-state index >= 15 is 0 Å². The minimum atomic E-state index is -0.257. The number of carbonyl (C=O) groups is 2. The van der Waals surface area contributed by atoms with E-state index in [-0.39, 0.29) is 30.2 Å². The van der Waals surface area contributed by atoms with E-state index in [0.717, 1.165) is 63.8 Å². The van der Waals surface area contributed by atoms with E-state index in [2.05, 4.69) is 20.6 Å². The van der Waals surface area contributed by atoms with Gasteiger partial charge in [0.1, 0.15) is 30.5 Å². The van der Waals surface area contributed by atoms with Crippen molar-refractivity contribution in [1.29, 1.82) is 0 Å². The number of hydrogen-bond acceptors (Lipinski definition) is 11. The van der Waals surface area contributed by atoms with Crippen LogP contribution in [-0.2, 0) is 35.1 Å². The zero-order chi connectivity index (χ0) is 42.8. The number of fused-ring (bicyclic) bond motifs is 1. The summed E-state index contributed by atoms with van der Waals surface area (Å²) in [6, 6.07) is 17.9. The standard InChI is InChI=1S/C46H54ClFN4O8S/c1-31(33-3-5-34(6-4-33)39-13-14-50-42-12-9-37(48)26-40(39)42)46(54)52-38-10-11-41(47)44(27-38)60-24-22-58-20-18-56-16-15-55-17-19-57-21-23-59-43-25-35(45-32(2)51-30-61-45)7-8-36(43)28-49-29-53/h7-14,25-27,29-31,33-34H,3-6,15-24,28H2,1-2H3,(H,49,53)(H,52,54)/t31-,33-,34+/m1/s1. The minimum Gasteiger partial charge on any atom is -0.491 e. The molecule has 1 saturated carbocycles. The molecule has 0 bridgehead atoms. The Morgan fingerprint density at radius 2 is 1.51 bits per heavy atom. The van der Waals surface area contributed by atoms with Gasteiger partial charge in [0.2, 0.25) is 12.3 Å². The van der Waals surface area contributed by atoms with Gasteiger partial charge in [-0.25, -0.2) is 9.37 Å². The number of amides is 2. The number of thiazole rings is 1. The molecule has 2 heterocycles. The number of aromatic nitrogens is 2. The second-order valence-corrected chi connectivity index (χ2v) is 16.1. The highest BCUT2D eigenvalue weighted by atomic mass is 35.5. The van der Waals surface area contributed by atoms with Crippen molar-refractivity contribution in [2.75, 3.05) is 71.4 Å². The summed E-state index contributed by atoms with van der Waals surface area (Å²) < 4.78 is 48.4. The number of pyridine rings is 1. The number of benzene rings is 3. The lowest BCUT2D eigenvalue weighted by Gasteiger charge is -2.32. The number of halogens is 2. The summed E-state index contributed by atoms with van der Waals surface area (Å²) in [7, 11) is 0. The van der Waals surface area contributed by atoms with Crippen molar-refractivity contribution in [1.82, 2.24) is 15.3 Å². The first-order valence-electron chi connectivity index (χ1n) is 20.7. The maximum absolute atomic E-state index is 14.0. The molecule has 15 heteroatoms. The Balaban J connectivity index is 0.784. The summed E-state index contributed by atoms with van der Waals surface area (Å²) in [6.07, 6.45) is 6.17. The monoisotopic (exact) mass is 876 g/mol. The molecule has 61 heavy (non-hydrogen) atoms. The third-order valence-corrected chi connectivity index (χ3v) is 12.1. The Morgan fingerprint density at radius 1 is 0.836 bits per heavy atom. The van der Waals surface area contributed by atoms with Crippen LogP contribution < -0.4 is 20.1 Å². The maximum Gasteiger partial charge on any atom is 0.227 e. The molecule has 0 unspecified atom stereocenters. The van der Waals surface area contributed by atoms with Crippen LogP contribution >= 0.6 is 22.9 Å². The molecule has 0 aliphatic heterocycles. The fourth-order valence-electron chi connectivity index (χ4n) is 7.48. The molecule has 3 aromatic carbocycles. The van der Waals surface area contributed by atoms with Crippen LogP contribution in [-0.4, -0.2) is 88.4 Å². The van der Waals surface area contributed by atoms with Gasteiger partial charge in [0, 0.05) is 41.4 Å². The minimum absolute atomic E-state index is 0.0432. The molecule has 1 fully saturated rings. The molecule has 2 amide bonds. The predicted molar refractivity (Wildman–Crippen MR) is 235 cm³/mol. The molecule has 0 radical (unpaired) electrons. The quantitative estimate of drug-likeness (QED) is 0.0432. The Kier molecular flexibility index (Phi) is 18.1. The molecular formula is C46H54ClFN4O8S. The first kappa shape index (κ1) is 45.8. The average Bonchev–Trinajstić information content (AvgIpc) is 3.71. The van der Waals surface area contributed by atoms with Crippen molar-refractivity contribution in [3.8, 4) is 21.9 Å². The number of ether oxygens (including phenoxy) is 6. The first-order valence-corrected chi connectivity index (χ1v) is 22.0. The Labute approximate surface area is 365 Å². The summed E-state index contributed by atoms with van der Waals surface area (Å²) >= 11 is 7.97. The normalized spacial score (nSPS) is 15.7. The van der Waals surface area contributed by atoms with Crippen LogP contribution in [0.25, 0.3) is 21.3 Å². The molecule has 326 valence electrons. The maximum atomic E-state index is 14.0. The third kappa shape index (κ3) is 13.6. The zero-order valence-electron chi connectivity index (χ0n) is 34.7. The highest BCUT2D eigenvalue weighted by Gasteiger charge is 2.30. The Hall–Kier alpha value is -4.70. The van der Waals surface area contributed by atoms with Crippen molar-refractivity contribution in [3.05, 3.63) is 100 Å². The van der Waals surface area contributed by atoms with Crippen LogP contribution in [0, 0.1) is 24.6 Å². The molecule has 1 aliphatic carbocycles. The molecule has 1 atom stereocenters. The van der Waals surface area contributed by atoms with E-state index in [1.807, 2.05) is 43.6 Å². The summed E-state index contributed by atoms with van der Waals surface area (Å²) in [5, 5.41) is 7.05. The number of anilines is 1. The second-order valence-electron chi connectivity index (χ2n) is 14.8. The molecule has 5 aromatic rings. The highest BCUT2D eigenvalue weighted by Crippen LogP contribution is 2.41. The average molecular weight is 877 g/mol. The lowest BCUT2D eigenvalue weighted by molar-refractivity contribution is -0.121. The third-order valence-electron chi connectivity index (χ3n) is 10.8. The van der Waals surface area contributed by atoms with Crippen molar-refractivity contribution < 1.29 is 42.4 Å². The lowest BCUT2D eigenvalue weighted by atomic mass is 9.73. The van der Waals surface area contributed by atoms with Gasteiger partial charge >= 0.3 is 0 Å². The number of aryl methyl sites for hydroxylation is 1. The fourth-order valence-corrected chi connectivity index (χ4v) is 8.45. The summed E-state index contributed by atoms with van der Waals surface area (Å²) in [5.74, 6) is 1.24. The molecule has 6 rings (SSSR count). The molecule has 0 spiro atoms. The van der Waals surface area contributed by atoms with Crippen LogP contribution in [0.15, 0.2) is 72.4 Å².